The molecule has 1 amide bonds. The Hall–Kier alpha value is -2.21. The fourth-order valence-corrected chi connectivity index (χ4v) is 2.12. The minimum Gasteiger partial charge on any atom is -0.347 e. The molecular weight excluding hydrogens is 266 g/mol. The van der Waals surface area contributed by atoms with E-state index in [9.17, 15) is 4.79 Å². The summed E-state index contributed by atoms with van der Waals surface area (Å²) in [6.07, 6.45) is 4.30. The zero-order valence-corrected chi connectivity index (χ0v) is 12.4. The molecule has 2 rings (SSSR count). The molecule has 2 aromatic rings. The minimum absolute atomic E-state index is 0.0346. The molecule has 0 aromatic carbocycles. The molecule has 0 bridgehead atoms. The third-order valence-electron chi connectivity index (χ3n) is 3.08. The Kier molecular flexibility index (Phi) is 5.05. The maximum atomic E-state index is 12.3. The summed E-state index contributed by atoms with van der Waals surface area (Å²) in [6.45, 7) is 4.62. The van der Waals surface area contributed by atoms with Crippen molar-refractivity contribution in [3.63, 3.8) is 0 Å². The van der Waals surface area contributed by atoms with Gasteiger partial charge in [0, 0.05) is 25.0 Å². The van der Waals surface area contributed by atoms with Crippen molar-refractivity contribution >= 4 is 5.91 Å². The zero-order valence-electron chi connectivity index (χ0n) is 12.4. The van der Waals surface area contributed by atoms with E-state index >= 15 is 0 Å². The molecule has 0 spiro atoms. The summed E-state index contributed by atoms with van der Waals surface area (Å²) in [7, 11) is 0. The number of nitrogens with zero attached hydrogens (tertiary/aromatic N) is 3. The van der Waals surface area contributed by atoms with Crippen LogP contribution in [-0.2, 0) is 0 Å². The van der Waals surface area contributed by atoms with Crippen molar-refractivity contribution in [2.45, 2.75) is 26.3 Å². The quantitative estimate of drug-likeness (QED) is 0.840. The Labute approximate surface area is 124 Å². The molecule has 2 heterocycles. The summed E-state index contributed by atoms with van der Waals surface area (Å²) in [5, 5.41) is 7.04. The van der Waals surface area contributed by atoms with Gasteiger partial charge in [0.25, 0.3) is 5.91 Å². The maximum Gasteiger partial charge on any atom is 0.270 e. The molecule has 6 heteroatoms. The number of amides is 1. The molecule has 1 atom stereocenters. The lowest BCUT2D eigenvalue weighted by molar-refractivity contribution is 0.0928. The third-order valence-corrected chi connectivity index (χ3v) is 3.08. The smallest absolute Gasteiger partial charge is 0.270 e. The van der Waals surface area contributed by atoms with Crippen LogP contribution in [0.25, 0.3) is 5.82 Å². The molecular formula is C15H21N5O. The van der Waals surface area contributed by atoms with Crippen LogP contribution in [0, 0.1) is 5.92 Å². The molecule has 6 nitrogen and oxygen atoms in total. The van der Waals surface area contributed by atoms with E-state index in [-0.39, 0.29) is 11.9 Å². The first-order valence-corrected chi connectivity index (χ1v) is 7.08. The molecule has 0 saturated carbocycles. The SMILES string of the molecule is CC(C)CC(CN)NC(=O)c1cccc(-n2cccn2)n1. The van der Waals surface area contributed by atoms with Crippen molar-refractivity contribution < 1.29 is 4.79 Å². The van der Waals surface area contributed by atoms with E-state index in [0.29, 0.717) is 24.0 Å². The van der Waals surface area contributed by atoms with Crippen LogP contribution >= 0.6 is 0 Å². The minimum atomic E-state index is -0.208. The molecule has 0 saturated heterocycles. The number of rotatable bonds is 6. The fourth-order valence-electron chi connectivity index (χ4n) is 2.12. The van der Waals surface area contributed by atoms with Crippen LogP contribution in [0.15, 0.2) is 36.7 Å². The number of carbonyl (C=O) groups excluding carboxylic acids is 1. The van der Waals surface area contributed by atoms with E-state index in [1.165, 1.54) is 0 Å². The van der Waals surface area contributed by atoms with Crippen LogP contribution < -0.4 is 11.1 Å². The molecule has 0 aliphatic carbocycles. The number of carbonyl (C=O) groups is 1. The Morgan fingerprint density at radius 3 is 2.81 bits per heavy atom. The maximum absolute atomic E-state index is 12.3. The Morgan fingerprint density at radius 1 is 1.38 bits per heavy atom. The molecule has 0 fully saturated rings. The predicted octanol–water partition coefficient (Wildman–Crippen LogP) is 1.37. The van der Waals surface area contributed by atoms with Gasteiger partial charge in [0.2, 0.25) is 0 Å². The predicted molar refractivity (Wildman–Crippen MR) is 81.1 cm³/mol. The summed E-state index contributed by atoms with van der Waals surface area (Å²) in [4.78, 5) is 16.6. The largest absolute Gasteiger partial charge is 0.347 e. The van der Waals surface area contributed by atoms with Crippen LogP contribution in [0.1, 0.15) is 30.8 Å². The number of nitrogens with one attached hydrogen (secondary N) is 1. The van der Waals surface area contributed by atoms with Crippen molar-refractivity contribution in [3.8, 4) is 5.82 Å². The second-order valence-corrected chi connectivity index (χ2v) is 5.37. The van der Waals surface area contributed by atoms with Gasteiger partial charge in [-0.3, -0.25) is 4.79 Å². The molecule has 21 heavy (non-hydrogen) atoms. The Bertz CT molecular complexity index is 580. The van der Waals surface area contributed by atoms with Gasteiger partial charge in [-0.05, 0) is 30.5 Å². The first-order valence-electron chi connectivity index (χ1n) is 7.08. The van der Waals surface area contributed by atoms with E-state index in [1.807, 2.05) is 6.07 Å². The number of pyridine rings is 1. The van der Waals surface area contributed by atoms with Gasteiger partial charge in [-0.1, -0.05) is 19.9 Å². The Balaban J connectivity index is 2.10. The van der Waals surface area contributed by atoms with Gasteiger partial charge in [0.1, 0.15) is 5.69 Å². The van der Waals surface area contributed by atoms with Crippen molar-refractivity contribution in [3.05, 3.63) is 42.4 Å². The van der Waals surface area contributed by atoms with Gasteiger partial charge in [-0.2, -0.15) is 5.10 Å². The van der Waals surface area contributed by atoms with Gasteiger partial charge in [0.05, 0.1) is 0 Å². The molecule has 0 aliphatic heterocycles. The van der Waals surface area contributed by atoms with Crippen molar-refractivity contribution in [2.75, 3.05) is 6.54 Å². The molecule has 0 radical (unpaired) electrons. The topological polar surface area (TPSA) is 85.8 Å². The normalized spacial score (nSPS) is 12.4. The number of aromatic nitrogens is 3. The standard InChI is InChI=1S/C15H21N5O/c1-11(2)9-12(10-16)18-15(21)13-5-3-6-14(19-13)20-8-4-7-17-20/h3-8,11-12H,9-10,16H2,1-2H3,(H,18,21). The van der Waals surface area contributed by atoms with Crippen molar-refractivity contribution in [1.82, 2.24) is 20.1 Å². The van der Waals surface area contributed by atoms with Gasteiger partial charge >= 0.3 is 0 Å². The summed E-state index contributed by atoms with van der Waals surface area (Å²) in [6, 6.07) is 7.05. The molecule has 1 unspecified atom stereocenters. The van der Waals surface area contributed by atoms with Gasteiger partial charge in [-0.15, -0.1) is 0 Å². The highest BCUT2D eigenvalue weighted by Crippen LogP contribution is 2.07. The highest BCUT2D eigenvalue weighted by molar-refractivity contribution is 5.92. The zero-order chi connectivity index (χ0) is 15.2. The summed E-state index contributed by atoms with van der Waals surface area (Å²) >= 11 is 0. The lowest BCUT2D eigenvalue weighted by Crippen LogP contribution is -2.41. The molecule has 0 aliphatic rings. The van der Waals surface area contributed by atoms with Crippen molar-refractivity contribution in [1.29, 1.82) is 0 Å². The first kappa shape index (κ1) is 15.2. The summed E-state index contributed by atoms with van der Waals surface area (Å²) in [5.74, 6) is 0.878. The second kappa shape index (κ2) is 6.99. The number of hydrogen-bond acceptors (Lipinski definition) is 4. The van der Waals surface area contributed by atoms with E-state index in [2.05, 4.69) is 29.2 Å². The number of nitrogens with two attached hydrogens (primary N) is 1. The van der Waals surface area contributed by atoms with Crippen LogP contribution in [0.3, 0.4) is 0 Å². The summed E-state index contributed by atoms with van der Waals surface area (Å²) in [5.41, 5.74) is 6.07. The van der Waals surface area contributed by atoms with Crippen molar-refractivity contribution in [2.24, 2.45) is 11.7 Å². The molecule has 2 aromatic heterocycles. The van der Waals surface area contributed by atoms with Crippen LogP contribution in [0.4, 0.5) is 0 Å². The van der Waals surface area contributed by atoms with Gasteiger partial charge < -0.3 is 11.1 Å². The van der Waals surface area contributed by atoms with E-state index in [1.54, 1.807) is 35.3 Å². The summed E-state index contributed by atoms with van der Waals surface area (Å²) < 4.78 is 1.62. The fraction of sp³-hybridized carbons (Fsp3) is 0.400. The second-order valence-electron chi connectivity index (χ2n) is 5.37. The highest BCUT2D eigenvalue weighted by atomic mass is 16.1. The lowest BCUT2D eigenvalue weighted by atomic mass is 10.0. The van der Waals surface area contributed by atoms with E-state index in [0.717, 1.165) is 6.42 Å². The third kappa shape index (κ3) is 4.13. The van der Waals surface area contributed by atoms with Gasteiger partial charge in [-0.25, -0.2) is 9.67 Å². The average molecular weight is 287 g/mol. The van der Waals surface area contributed by atoms with Crippen LogP contribution in [0.5, 0.6) is 0 Å². The lowest BCUT2D eigenvalue weighted by Gasteiger charge is -2.18. The first-order chi connectivity index (χ1) is 10.1. The van der Waals surface area contributed by atoms with E-state index in [4.69, 9.17) is 5.73 Å². The molecule has 112 valence electrons. The van der Waals surface area contributed by atoms with Crippen LogP contribution in [0.2, 0.25) is 0 Å². The molecule has 3 N–H and O–H groups in total. The van der Waals surface area contributed by atoms with E-state index < -0.39 is 0 Å². The van der Waals surface area contributed by atoms with Crippen LogP contribution in [-0.4, -0.2) is 33.3 Å². The Morgan fingerprint density at radius 2 is 2.19 bits per heavy atom. The average Bonchev–Trinajstić information content (AvgIpc) is 3.00. The monoisotopic (exact) mass is 287 g/mol. The van der Waals surface area contributed by atoms with Gasteiger partial charge in [0.15, 0.2) is 5.82 Å². The highest BCUT2D eigenvalue weighted by Gasteiger charge is 2.15. The number of hydrogen-bond donors (Lipinski definition) is 2.